The van der Waals surface area contributed by atoms with E-state index in [9.17, 15) is 35.4 Å². The molecule has 8 atom stereocenters. The molecule has 0 spiro atoms. The van der Waals surface area contributed by atoms with Gasteiger partial charge in [0.15, 0.2) is 6.29 Å². The topological polar surface area (TPSA) is 189 Å². The van der Waals surface area contributed by atoms with Crippen molar-refractivity contribution in [3.8, 4) is 5.75 Å². The van der Waals surface area contributed by atoms with Gasteiger partial charge in [0.1, 0.15) is 47.5 Å². The molecule has 3 heterocycles. The van der Waals surface area contributed by atoms with Crippen molar-refractivity contribution in [2.75, 3.05) is 19.8 Å². The van der Waals surface area contributed by atoms with Crippen LogP contribution in [0.25, 0.3) is 11.0 Å². The van der Waals surface area contributed by atoms with Gasteiger partial charge >= 0.3 is 5.63 Å². The van der Waals surface area contributed by atoms with Crippen LogP contribution in [0, 0.1) is 0 Å². The Morgan fingerprint density at radius 2 is 1.78 bits per heavy atom. The minimum Gasteiger partial charge on any atom is -0.462 e. The van der Waals surface area contributed by atoms with Gasteiger partial charge in [0.05, 0.1) is 19.8 Å². The summed E-state index contributed by atoms with van der Waals surface area (Å²) in [7, 11) is 0. The number of ether oxygens (including phenoxy) is 4. The Morgan fingerprint density at radius 1 is 1.03 bits per heavy atom. The zero-order valence-corrected chi connectivity index (χ0v) is 16.7. The van der Waals surface area contributed by atoms with Crippen LogP contribution in [0.15, 0.2) is 39.5 Å². The highest BCUT2D eigenvalue weighted by molar-refractivity contribution is 5.77. The molecule has 0 radical (unpaired) electrons. The third-order valence-corrected chi connectivity index (χ3v) is 5.52. The third kappa shape index (κ3) is 4.37. The van der Waals surface area contributed by atoms with Crippen molar-refractivity contribution in [1.29, 1.82) is 0 Å². The predicted molar refractivity (Wildman–Crippen MR) is 104 cm³/mol. The first kappa shape index (κ1) is 23.0. The number of hydrogen-bond donors (Lipinski definition) is 6. The zero-order chi connectivity index (χ0) is 23.0. The smallest absolute Gasteiger partial charge is 0.336 e. The molecule has 3 unspecified atom stereocenters. The third-order valence-electron chi connectivity index (χ3n) is 5.52. The lowest BCUT2D eigenvalue weighted by Crippen LogP contribution is -2.60. The molecule has 1 aromatic heterocycles. The number of benzene rings is 1. The van der Waals surface area contributed by atoms with Gasteiger partial charge in [0, 0.05) is 17.5 Å². The highest BCUT2D eigenvalue weighted by Gasteiger charge is 2.50. The fourth-order valence-electron chi connectivity index (χ4n) is 3.52. The van der Waals surface area contributed by atoms with Crippen molar-refractivity contribution in [2.24, 2.45) is 0 Å². The molecule has 0 aliphatic carbocycles. The van der Waals surface area contributed by atoms with Gasteiger partial charge in [-0.05, 0) is 18.2 Å². The zero-order valence-electron chi connectivity index (χ0n) is 16.7. The minimum atomic E-state index is -1.89. The van der Waals surface area contributed by atoms with Crippen LogP contribution in [0.4, 0.5) is 0 Å². The second kappa shape index (κ2) is 9.02. The van der Waals surface area contributed by atoms with Gasteiger partial charge in [-0.15, -0.1) is 0 Å². The first-order valence-corrected chi connectivity index (χ1v) is 9.86. The number of aliphatic hydroxyl groups excluding tert-OH is 5. The van der Waals surface area contributed by atoms with Crippen molar-refractivity contribution in [3.63, 3.8) is 0 Å². The molecule has 0 saturated carbocycles. The van der Waals surface area contributed by atoms with E-state index in [0.29, 0.717) is 5.39 Å². The number of fused-ring (bicyclic) bond motifs is 1. The Hall–Kier alpha value is -2.13. The number of rotatable bonds is 6. The van der Waals surface area contributed by atoms with Crippen molar-refractivity contribution < 1.29 is 54.0 Å². The van der Waals surface area contributed by atoms with E-state index < -0.39 is 67.5 Å². The largest absolute Gasteiger partial charge is 0.462 e. The maximum absolute atomic E-state index is 11.4. The molecule has 2 aliphatic rings. The van der Waals surface area contributed by atoms with E-state index in [1.165, 1.54) is 12.1 Å². The Morgan fingerprint density at radius 3 is 2.50 bits per heavy atom. The summed E-state index contributed by atoms with van der Waals surface area (Å²) in [4.78, 5) is 11.4. The molecule has 2 saturated heterocycles. The summed E-state index contributed by atoms with van der Waals surface area (Å²) in [6.07, 6.45) is -10.3. The quantitative estimate of drug-likeness (QED) is 0.250. The average molecular weight is 456 g/mol. The van der Waals surface area contributed by atoms with Gasteiger partial charge in [0.25, 0.3) is 0 Å². The molecule has 176 valence electrons. The normalized spacial score (nSPS) is 37.6. The van der Waals surface area contributed by atoms with Crippen LogP contribution in [0.2, 0.25) is 0 Å². The first-order chi connectivity index (χ1) is 15.2. The highest BCUT2D eigenvalue weighted by Crippen LogP contribution is 2.29. The van der Waals surface area contributed by atoms with Crippen molar-refractivity contribution in [2.45, 2.75) is 48.7 Å². The molecule has 12 heteroatoms. The molecule has 0 bridgehead atoms. The summed E-state index contributed by atoms with van der Waals surface area (Å²) in [5.41, 5.74) is -2.20. The Labute approximate surface area is 180 Å². The van der Waals surface area contributed by atoms with E-state index >= 15 is 0 Å². The van der Waals surface area contributed by atoms with Crippen LogP contribution in [0.1, 0.15) is 0 Å². The predicted octanol–water partition coefficient (Wildman–Crippen LogP) is -2.56. The van der Waals surface area contributed by atoms with Gasteiger partial charge < -0.3 is 54.0 Å². The molecule has 1 aromatic carbocycles. The monoisotopic (exact) mass is 456 g/mol. The van der Waals surface area contributed by atoms with Crippen LogP contribution in [0.3, 0.4) is 0 Å². The summed E-state index contributed by atoms with van der Waals surface area (Å²) >= 11 is 0. The second-order valence-electron chi connectivity index (χ2n) is 7.81. The molecular formula is C20H24O12. The van der Waals surface area contributed by atoms with Crippen LogP contribution in [-0.2, 0) is 14.2 Å². The van der Waals surface area contributed by atoms with Crippen LogP contribution < -0.4 is 10.4 Å². The summed E-state index contributed by atoms with van der Waals surface area (Å²) in [5.74, 6) is 0.168. The van der Waals surface area contributed by atoms with E-state index in [-0.39, 0.29) is 17.9 Å². The molecule has 2 fully saturated rings. The SMILES string of the molecule is O=c1ccc2ccc(O[C@@H]3O[C@H](COC4OC[C@](O)(CO)[C@H]4O)[C@@H](O)C(O)C3O)cc2o1. The van der Waals surface area contributed by atoms with Crippen molar-refractivity contribution >= 4 is 11.0 Å². The summed E-state index contributed by atoms with van der Waals surface area (Å²) in [6, 6.07) is 7.41. The molecule has 0 amide bonds. The van der Waals surface area contributed by atoms with E-state index in [0.717, 1.165) is 0 Å². The van der Waals surface area contributed by atoms with Gasteiger partial charge in [-0.3, -0.25) is 0 Å². The molecular weight excluding hydrogens is 432 g/mol. The fraction of sp³-hybridized carbons (Fsp3) is 0.550. The number of aliphatic hydroxyl groups is 6. The molecule has 2 aliphatic heterocycles. The molecule has 12 nitrogen and oxygen atoms in total. The average Bonchev–Trinajstić information content (AvgIpc) is 3.07. The minimum absolute atomic E-state index is 0.168. The lowest BCUT2D eigenvalue weighted by Gasteiger charge is -2.40. The highest BCUT2D eigenvalue weighted by atomic mass is 16.7. The molecule has 4 rings (SSSR count). The van der Waals surface area contributed by atoms with Crippen LogP contribution >= 0.6 is 0 Å². The molecule has 32 heavy (non-hydrogen) atoms. The Balaban J connectivity index is 1.44. The van der Waals surface area contributed by atoms with Gasteiger partial charge in [0.2, 0.25) is 6.29 Å². The van der Waals surface area contributed by atoms with Gasteiger partial charge in [-0.1, -0.05) is 0 Å². The maximum atomic E-state index is 11.4. The van der Waals surface area contributed by atoms with Gasteiger partial charge in [-0.25, -0.2) is 4.79 Å². The summed E-state index contributed by atoms with van der Waals surface area (Å²) < 4.78 is 26.7. The lowest BCUT2D eigenvalue weighted by molar-refractivity contribution is -0.289. The Kier molecular flexibility index (Phi) is 6.49. The number of hydrogen-bond acceptors (Lipinski definition) is 12. The van der Waals surface area contributed by atoms with Crippen molar-refractivity contribution in [3.05, 3.63) is 40.8 Å². The first-order valence-electron chi connectivity index (χ1n) is 9.86. The standard InChI is InChI=1S/C20H24O12/c21-7-20(27)8-29-19(17(20)26)28-6-12-14(23)15(24)16(25)18(32-12)30-10-3-1-9-2-4-13(22)31-11(9)5-10/h1-5,12,14-19,21,23-27H,6-8H2/t12-,14-,15?,16?,17+,18-,19?,20-/m1/s1. The second-order valence-corrected chi connectivity index (χ2v) is 7.81. The molecule has 6 N–H and O–H groups in total. The maximum Gasteiger partial charge on any atom is 0.336 e. The van der Waals surface area contributed by atoms with E-state index in [2.05, 4.69) is 0 Å². The Bertz CT molecular complexity index is 994. The van der Waals surface area contributed by atoms with Crippen LogP contribution in [0.5, 0.6) is 5.75 Å². The summed E-state index contributed by atoms with van der Waals surface area (Å²) in [5, 5.41) is 60.6. The van der Waals surface area contributed by atoms with E-state index in [4.69, 9.17) is 23.4 Å². The summed E-state index contributed by atoms with van der Waals surface area (Å²) in [6.45, 7) is -1.52. The fourth-order valence-corrected chi connectivity index (χ4v) is 3.52. The van der Waals surface area contributed by atoms with E-state index in [1.807, 2.05) is 0 Å². The van der Waals surface area contributed by atoms with Gasteiger partial charge in [-0.2, -0.15) is 0 Å². The van der Waals surface area contributed by atoms with Crippen molar-refractivity contribution in [1.82, 2.24) is 0 Å². The van der Waals surface area contributed by atoms with E-state index in [1.54, 1.807) is 18.2 Å². The molecule has 2 aromatic rings. The van der Waals surface area contributed by atoms with Crippen LogP contribution in [-0.4, -0.2) is 99.2 Å². The lowest BCUT2D eigenvalue weighted by atomic mass is 9.99.